The number of carbonyl (C=O) groups excluding carboxylic acids is 1. The summed E-state index contributed by atoms with van der Waals surface area (Å²) in [7, 11) is 0. The molecule has 0 spiro atoms. The van der Waals surface area contributed by atoms with Crippen LogP contribution in [0, 0.1) is 0 Å². The number of anilines is 1. The molecule has 9 nitrogen and oxygen atoms in total. The molecule has 2 rings (SSSR count). The van der Waals surface area contributed by atoms with Crippen molar-refractivity contribution in [1.82, 2.24) is 25.0 Å². The monoisotopic (exact) mass is 262 g/mol. The minimum Gasteiger partial charge on any atom is -0.476 e. The number of hydrogen-bond donors (Lipinski definition) is 2. The Kier molecular flexibility index (Phi) is 3.76. The second kappa shape index (κ2) is 5.67. The molecule has 1 amide bonds. The van der Waals surface area contributed by atoms with E-state index in [0.29, 0.717) is 6.54 Å². The van der Waals surface area contributed by atoms with E-state index in [-0.39, 0.29) is 23.8 Å². The number of aryl methyl sites for hydroxylation is 1. The Balaban J connectivity index is 1.97. The molecule has 0 saturated carbocycles. The van der Waals surface area contributed by atoms with Crippen LogP contribution >= 0.6 is 0 Å². The molecule has 19 heavy (non-hydrogen) atoms. The maximum Gasteiger partial charge on any atom is 0.358 e. The van der Waals surface area contributed by atoms with E-state index in [1.54, 1.807) is 6.20 Å². The van der Waals surface area contributed by atoms with Gasteiger partial charge in [0.05, 0.1) is 12.7 Å². The predicted octanol–water partition coefficient (Wildman–Crippen LogP) is -0.205. The number of amides is 1. The molecule has 0 fully saturated rings. The first-order chi connectivity index (χ1) is 9.16. The van der Waals surface area contributed by atoms with Crippen molar-refractivity contribution in [3.63, 3.8) is 0 Å². The van der Waals surface area contributed by atoms with Crippen LogP contribution < -0.4 is 5.32 Å². The molecule has 2 heterocycles. The fourth-order valence-corrected chi connectivity index (χ4v) is 1.35. The van der Waals surface area contributed by atoms with Gasteiger partial charge in [0, 0.05) is 25.0 Å². The lowest BCUT2D eigenvalue weighted by Gasteiger charge is -2.06. The molecule has 0 radical (unpaired) electrons. The Morgan fingerprint density at radius 3 is 2.74 bits per heavy atom. The minimum atomic E-state index is -1.25. The number of aromatic nitrogens is 5. The van der Waals surface area contributed by atoms with Gasteiger partial charge in [-0.05, 0) is 0 Å². The second-order valence-corrected chi connectivity index (χ2v) is 3.52. The van der Waals surface area contributed by atoms with Gasteiger partial charge in [-0.15, -0.1) is 5.10 Å². The Morgan fingerprint density at radius 1 is 1.26 bits per heavy atom. The van der Waals surface area contributed by atoms with Crippen molar-refractivity contribution in [2.45, 2.75) is 13.0 Å². The first kappa shape index (κ1) is 12.6. The van der Waals surface area contributed by atoms with Crippen molar-refractivity contribution >= 4 is 17.7 Å². The third-order valence-electron chi connectivity index (χ3n) is 2.20. The molecule has 0 saturated heterocycles. The number of nitrogens with zero attached hydrogens (tertiary/aromatic N) is 5. The molecule has 0 aliphatic carbocycles. The highest BCUT2D eigenvalue weighted by Gasteiger charge is 2.14. The van der Waals surface area contributed by atoms with Crippen molar-refractivity contribution in [3.8, 4) is 0 Å². The first-order valence-corrected chi connectivity index (χ1v) is 5.35. The molecule has 0 bridgehead atoms. The average molecular weight is 262 g/mol. The van der Waals surface area contributed by atoms with Crippen LogP contribution in [0.2, 0.25) is 0 Å². The fraction of sp³-hybridized carbons (Fsp3) is 0.200. The lowest BCUT2D eigenvalue weighted by molar-refractivity contribution is -0.116. The van der Waals surface area contributed by atoms with Crippen LogP contribution in [0.3, 0.4) is 0 Å². The first-order valence-electron chi connectivity index (χ1n) is 5.35. The molecule has 0 aliphatic heterocycles. The van der Waals surface area contributed by atoms with Crippen LogP contribution in [0.5, 0.6) is 0 Å². The summed E-state index contributed by atoms with van der Waals surface area (Å²) in [5.74, 6) is -1.70. The van der Waals surface area contributed by atoms with Crippen molar-refractivity contribution in [1.29, 1.82) is 0 Å². The maximum absolute atomic E-state index is 11.6. The third kappa shape index (κ3) is 3.31. The number of rotatable bonds is 5. The third-order valence-corrected chi connectivity index (χ3v) is 2.20. The van der Waals surface area contributed by atoms with Crippen LogP contribution in [0.25, 0.3) is 0 Å². The van der Waals surface area contributed by atoms with Gasteiger partial charge in [-0.3, -0.25) is 9.48 Å². The fourth-order valence-electron chi connectivity index (χ4n) is 1.35. The highest BCUT2D eigenvalue weighted by Crippen LogP contribution is 2.08. The van der Waals surface area contributed by atoms with Crippen LogP contribution in [-0.4, -0.2) is 41.9 Å². The lowest BCUT2D eigenvalue weighted by atomic mass is 10.3. The number of carboxylic acid groups (broad SMARTS) is 1. The Bertz CT molecular complexity index is 583. The van der Waals surface area contributed by atoms with Crippen LogP contribution in [0.4, 0.5) is 5.82 Å². The van der Waals surface area contributed by atoms with Gasteiger partial charge in [0.15, 0.2) is 11.5 Å². The van der Waals surface area contributed by atoms with E-state index < -0.39 is 5.97 Å². The summed E-state index contributed by atoms with van der Waals surface area (Å²) in [4.78, 5) is 29.9. The number of nitrogens with one attached hydrogen (secondary N) is 1. The molecule has 2 N–H and O–H groups in total. The van der Waals surface area contributed by atoms with Gasteiger partial charge in [0.2, 0.25) is 5.91 Å². The summed E-state index contributed by atoms with van der Waals surface area (Å²) in [6, 6.07) is 0. The van der Waals surface area contributed by atoms with Gasteiger partial charge in [-0.1, -0.05) is 5.21 Å². The molecule has 0 unspecified atom stereocenters. The number of hydrogen-bond acceptors (Lipinski definition) is 6. The molecule has 0 aromatic carbocycles. The summed E-state index contributed by atoms with van der Waals surface area (Å²) >= 11 is 0. The molecule has 2 aromatic rings. The van der Waals surface area contributed by atoms with Gasteiger partial charge < -0.3 is 10.4 Å². The zero-order chi connectivity index (χ0) is 13.7. The van der Waals surface area contributed by atoms with Crippen LogP contribution in [0.15, 0.2) is 24.8 Å². The van der Waals surface area contributed by atoms with E-state index in [1.807, 2.05) is 0 Å². The predicted molar refractivity (Wildman–Crippen MR) is 62.3 cm³/mol. The molecular formula is C10H10N6O3. The maximum atomic E-state index is 11.6. The van der Waals surface area contributed by atoms with E-state index in [9.17, 15) is 9.59 Å². The van der Waals surface area contributed by atoms with Crippen LogP contribution in [-0.2, 0) is 11.3 Å². The zero-order valence-corrected chi connectivity index (χ0v) is 9.72. The van der Waals surface area contributed by atoms with E-state index in [2.05, 4.69) is 25.6 Å². The van der Waals surface area contributed by atoms with Crippen molar-refractivity contribution < 1.29 is 14.7 Å². The number of carboxylic acids is 1. The van der Waals surface area contributed by atoms with Crippen molar-refractivity contribution in [2.75, 3.05) is 5.32 Å². The van der Waals surface area contributed by atoms with Crippen molar-refractivity contribution in [3.05, 3.63) is 30.5 Å². The topological polar surface area (TPSA) is 123 Å². The molecule has 0 aliphatic rings. The SMILES string of the molecule is O=C(CCn1ccnn1)Nc1nccnc1C(=O)O. The van der Waals surface area contributed by atoms with Gasteiger partial charge in [-0.25, -0.2) is 14.8 Å². The molecular weight excluding hydrogens is 252 g/mol. The molecule has 98 valence electrons. The zero-order valence-electron chi connectivity index (χ0n) is 9.72. The van der Waals surface area contributed by atoms with E-state index in [1.165, 1.54) is 23.3 Å². The highest BCUT2D eigenvalue weighted by atomic mass is 16.4. The second-order valence-electron chi connectivity index (χ2n) is 3.52. The molecule has 9 heteroatoms. The molecule has 2 aromatic heterocycles. The van der Waals surface area contributed by atoms with E-state index in [4.69, 9.17) is 5.11 Å². The van der Waals surface area contributed by atoms with Gasteiger partial charge in [0.1, 0.15) is 0 Å². The van der Waals surface area contributed by atoms with Gasteiger partial charge in [0.25, 0.3) is 0 Å². The summed E-state index contributed by atoms with van der Waals surface area (Å²) in [6.45, 7) is 0.342. The standard InChI is InChI=1S/C10H10N6O3/c17-7(1-5-16-6-4-13-15-16)14-9-8(10(18)19)11-2-3-12-9/h2-4,6H,1,5H2,(H,18,19)(H,12,14,17). The highest BCUT2D eigenvalue weighted by molar-refractivity contribution is 5.97. The Hall–Kier alpha value is -2.84. The molecule has 0 atom stereocenters. The summed E-state index contributed by atoms with van der Waals surface area (Å²) < 4.78 is 1.49. The largest absolute Gasteiger partial charge is 0.476 e. The number of aromatic carboxylic acids is 1. The average Bonchev–Trinajstić information content (AvgIpc) is 2.90. The van der Waals surface area contributed by atoms with Gasteiger partial charge >= 0.3 is 5.97 Å². The van der Waals surface area contributed by atoms with E-state index >= 15 is 0 Å². The van der Waals surface area contributed by atoms with Crippen molar-refractivity contribution in [2.24, 2.45) is 0 Å². The summed E-state index contributed by atoms with van der Waals surface area (Å²) in [5, 5.41) is 18.6. The quantitative estimate of drug-likeness (QED) is 0.764. The van der Waals surface area contributed by atoms with E-state index in [0.717, 1.165) is 0 Å². The Labute approximate surface area is 107 Å². The summed E-state index contributed by atoms with van der Waals surface area (Å²) in [6.07, 6.45) is 5.80. The normalized spacial score (nSPS) is 10.1. The van der Waals surface area contributed by atoms with Crippen LogP contribution in [0.1, 0.15) is 16.9 Å². The Morgan fingerprint density at radius 2 is 2.05 bits per heavy atom. The number of carbonyl (C=O) groups is 2. The smallest absolute Gasteiger partial charge is 0.358 e. The summed E-state index contributed by atoms with van der Waals surface area (Å²) in [5.41, 5.74) is -0.295. The lowest BCUT2D eigenvalue weighted by Crippen LogP contribution is -2.18. The minimum absolute atomic E-state index is 0.0707. The van der Waals surface area contributed by atoms with Gasteiger partial charge in [-0.2, -0.15) is 0 Å².